The SMILES string of the molecule is O=C(c1ccccc1)c1cc(C(=O)C(F)(F)F)c2ccccn12. The van der Waals surface area contributed by atoms with Gasteiger partial charge in [0.2, 0.25) is 5.78 Å². The second-order valence-electron chi connectivity index (χ2n) is 4.92. The van der Waals surface area contributed by atoms with Crippen LogP contribution in [0.5, 0.6) is 0 Å². The minimum absolute atomic E-state index is 0.0133. The summed E-state index contributed by atoms with van der Waals surface area (Å²) in [5.74, 6) is -2.42. The number of carbonyl (C=O) groups excluding carboxylic acids is 2. The zero-order chi connectivity index (χ0) is 16.6. The number of fused-ring (bicyclic) bond motifs is 1. The van der Waals surface area contributed by atoms with Gasteiger partial charge in [0, 0.05) is 11.8 Å². The summed E-state index contributed by atoms with van der Waals surface area (Å²) in [5, 5.41) is 0. The van der Waals surface area contributed by atoms with Crippen LogP contribution in [0.4, 0.5) is 13.2 Å². The van der Waals surface area contributed by atoms with Gasteiger partial charge in [-0.05, 0) is 18.2 Å². The van der Waals surface area contributed by atoms with Crippen molar-refractivity contribution in [2.45, 2.75) is 6.18 Å². The van der Waals surface area contributed by atoms with E-state index in [1.54, 1.807) is 36.4 Å². The van der Waals surface area contributed by atoms with Crippen molar-refractivity contribution in [3.63, 3.8) is 0 Å². The van der Waals surface area contributed by atoms with Crippen molar-refractivity contribution in [2.75, 3.05) is 0 Å². The fourth-order valence-electron chi connectivity index (χ4n) is 2.40. The van der Waals surface area contributed by atoms with E-state index in [9.17, 15) is 22.8 Å². The second kappa shape index (κ2) is 5.39. The van der Waals surface area contributed by atoms with Crippen LogP contribution < -0.4 is 0 Å². The van der Waals surface area contributed by atoms with Crippen LogP contribution in [0.1, 0.15) is 26.4 Å². The van der Waals surface area contributed by atoms with Crippen LogP contribution in [0.15, 0.2) is 60.8 Å². The molecular weight excluding hydrogens is 307 g/mol. The van der Waals surface area contributed by atoms with Gasteiger partial charge in [-0.3, -0.25) is 9.59 Å². The Hall–Kier alpha value is -2.89. The molecule has 6 heteroatoms. The highest BCUT2D eigenvalue weighted by atomic mass is 19.4. The Morgan fingerprint density at radius 2 is 1.57 bits per heavy atom. The van der Waals surface area contributed by atoms with Gasteiger partial charge >= 0.3 is 6.18 Å². The molecule has 3 rings (SSSR count). The maximum atomic E-state index is 12.8. The lowest BCUT2D eigenvalue weighted by Crippen LogP contribution is -2.22. The number of benzene rings is 1. The lowest BCUT2D eigenvalue weighted by Gasteiger charge is -2.03. The lowest BCUT2D eigenvalue weighted by atomic mass is 10.1. The van der Waals surface area contributed by atoms with Crippen molar-refractivity contribution >= 4 is 17.1 Å². The van der Waals surface area contributed by atoms with Crippen LogP contribution in [0.2, 0.25) is 0 Å². The van der Waals surface area contributed by atoms with E-state index in [0.717, 1.165) is 6.07 Å². The van der Waals surface area contributed by atoms with E-state index in [1.807, 2.05) is 0 Å². The minimum Gasteiger partial charge on any atom is -0.313 e. The van der Waals surface area contributed by atoms with Crippen LogP contribution in [-0.4, -0.2) is 22.1 Å². The van der Waals surface area contributed by atoms with Crippen molar-refractivity contribution < 1.29 is 22.8 Å². The molecule has 23 heavy (non-hydrogen) atoms. The summed E-state index contributed by atoms with van der Waals surface area (Å²) in [7, 11) is 0. The Morgan fingerprint density at radius 1 is 0.913 bits per heavy atom. The maximum Gasteiger partial charge on any atom is 0.454 e. The maximum absolute atomic E-state index is 12.8. The number of halogens is 3. The van der Waals surface area contributed by atoms with E-state index >= 15 is 0 Å². The number of hydrogen-bond donors (Lipinski definition) is 0. The van der Waals surface area contributed by atoms with Crippen LogP contribution in [0, 0.1) is 0 Å². The van der Waals surface area contributed by atoms with Crippen LogP contribution in [0.25, 0.3) is 5.52 Å². The molecule has 0 aliphatic rings. The van der Waals surface area contributed by atoms with Crippen molar-refractivity contribution in [3.8, 4) is 0 Å². The first-order valence-corrected chi connectivity index (χ1v) is 6.71. The summed E-state index contributed by atoms with van der Waals surface area (Å²) in [5.41, 5.74) is -0.132. The number of rotatable bonds is 3. The number of carbonyl (C=O) groups is 2. The Morgan fingerprint density at radius 3 is 2.22 bits per heavy atom. The summed E-state index contributed by atoms with van der Waals surface area (Å²) in [6.07, 6.45) is -3.54. The number of hydrogen-bond acceptors (Lipinski definition) is 2. The average molecular weight is 317 g/mol. The highest BCUT2D eigenvalue weighted by molar-refractivity contribution is 6.13. The molecule has 116 valence electrons. The average Bonchev–Trinajstić information content (AvgIpc) is 2.93. The number of pyridine rings is 1. The molecule has 0 aliphatic heterocycles. The first-order chi connectivity index (χ1) is 10.9. The molecule has 0 aliphatic carbocycles. The fraction of sp³-hybridized carbons (Fsp3) is 0.0588. The first kappa shape index (κ1) is 15.0. The molecule has 2 heterocycles. The highest BCUT2D eigenvalue weighted by Gasteiger charge is 2.41. The summed E-state index contributed by atoms with van der Waals surface area (Å²) in [6.45, 7) is 0. The number of nitrogens with zero attached hydrogens (tertiary/aromatic N) is 1. The standard InChI is InChI=1S/C17H10F3NO2/c18-17(19,20)16(23)12-10-14(21-9-5-4-8-13(12)21)15(22)11-6-2-1-3-7-11/h1-10H. The van der Waals surface area contributed by atoms with Gasteiger partial charge in [0.05, 0.1) is 16.8 Å². The minimum atomic E-state index is -5.00. The van der Waals surface area contributed by atoms with Gasteiger partial charge in [-0.15, -0.1) is 0 Å². The molecule has 2 aromatic heterocycles. The van der Waals surface area contributed by atoms with Gasteiger partial charge in [-0.2, -0.15) is 13.2 Å². The lowest BCUT2D eigenvalue weighted by molar-refractivity contribution is -0.0884. The molecule has 0 bridgehead atoms. The summed E-state index contributed by atoms with van der Waals surface area (Å²) in [6, 6.07) is 13.6. The van der Waals surface area contributed by atoms with Crippen molar-refractivity contribution in [2.24, 2.45) is 0 Å². The molecule has 0 unspecified atom stereocenters. The zero-order valence-corrected chi connectivity index (χ0v) is 11.7. The molecule has 0 N–H and O–H groups in total. The largest absolute Gasteiger partial charge is 0.454 e. The topological polar surface area (TPSA) is 38.5 Å². The van der Waals surface area contributed by atoms with E-state index < -0.39 is 23.3 Å². The van der Waals surface area contributed by atoms with Gasteiger partial charge in [-0.1, -0.05) is 36.4 Å². The summed E-state index contributed by atoms with van der Waals surface area (Å²) >= 11 is 0. The molecule has 0 spiro atoms. The predicted molar refractivity (Wildman–Crippen MR) is 77.7 cm³/mol. The van der Waals surface area contributed by atoms with E-state index in [0.29, 0.717) is 5.56 Å². The first-order valence-electron chi connectivity index (χ1n) is 6.71. The van der Waals surface area contributed by atoms with Crippen LogP contribution >= 0.6 is 0 Å². The Balaban J connectivity index is 2.20. The van der Waals surface area contributed by atoms with E-state index in [1.165, 1.54) is 22.7 Å². The van der Waals surface area contributed by atoms with E-state index in [-0.39, 0.29) is 11.2 Å². The van der Waals surface area contributed by atoms with Gasteiger partial charge in [-0.25, -0.2) is 0 Å². The Kier molecular flexibility index (Phi) is 3.52. The van der Waals surface area contributed by atoms with Gasteiger partial charge in [0.15, 0.2) is 0 Å². The van der Waals surface area contributed by atoms with Crippen molar-refractivity contribution in [1.29, 1.82) is 0 Å². The third-order valence-electron chi connectivity index (χ3n) is 3.45. The molecule has 0 radical (unpaired) electrons. The number of ketones is 2. The van der Waals surface area contributed by atoms with E-state index in [2.05, 4.69) is 0 Å². The molecule has 0 fully saturated rings. The summed E-state index contributed by atoms with van der Waals surface area (Å²) < 4.78 is 39.6. The number of alkyl halides is 3. The van der Waals surface area contributed by atoms with Gasteiger partial charge in [0.25, 0.3) is 5.78 Å². The Labute approximate surface area is 129 Å². The smallest absolute Gasteiger partial charge is 0.313 e. The highest BCUT2D eigenvalue weighted by Crippen LogP contribution is 2.27. The monoisotopic (exact) mass is 317 g/mol. The second-order valence-corrected chi connectivity index (χ2v) is 4.92. The number of Topliss-reactive ketones (excluding diaryl/α,β-unsaturated/α-hetero) is 1. The molecule has 1 aromatic carbocycles. The molecule has 0 saturated heterocycles. The van der Waals surface area contributed by atoms with Crippen LogP contribution in [-0.2, 0) is 0 Å². The fourth-order valence-corrected chi connectivity index (χ4v) is 2.40. The zero-order valence-electron chi connectivity index (χ0n) is 11.7. The van der Waals surface area contributed by atoms with Crippen molar-refractivity contribution in [3.05, 3.63) is 77.6 Å². The number of aromatic nitrogens is 1. The summed E-state index contributed by atoms with van der Waals surface area (Å²) in [4.78, 5) is 24.1. The van der Waals surface area contributed by atoms with Crippen molar-refractivity contribution in [1.82, 2.24) is 4.40 Å². The van der Waals surface area contributed by atoms with E-state index in [4.69, 9.17) is 0 Å². The molecule has 0 saturated carbocycles. The molecular formula is C17H10F3NO2. The third kappa shape index (κ3) is 2.63. The molecule has 3 aromatic rings. The molecule has 0 atom stereocenters. The Bertz CT molecular complexity index is 895. The molecule has 3 nitrogen and oxygen atoms in total. The van der Waals surface area contributed by atoms with Gasteiger partial charge < -0.3 is 4.40 Å². The van der Waals surface area contributed by atoms with Crippen LogP contribution in [0.3, 0.4) is 0 Å². The predicted octanol–water partition coefficient (Wildman–Crippen LogP) is 3.92. The third-order valence-corrected chi connectivity index (χ3v) is 3.45. The quantitative estimate of drug-likeness (QED) is 0.687. The van der Waals surface area contributed by atoms with Gasteiger partial charge in [0.1, 0.15) is 0 Å². The normalized spacial score (nSPS) is 11.6. The molecule has 0 amide bonds.